The van der Waals surface area contributed by atoms with Crippen molar-refractivity contribution < 1.29 is 9.53 Å². The van der Waals surface area contributed by atoms with Crippen molar-refractivity contribution in [2.24, 2.45) is 0 Å². The molecular formula is C13H10N2O2. The van der Waals surface area contributed by atoms with Crippen molar-refractivity contribution in [3.05, 3.63) is 60.4 Å². The minimum atomic E-state index is -0.480. The van der Waals surface area contributed by atoms with Gasteiger partial charge in [0.1, 0.15) is 0 Å². The summed E-state index contributed by atoms with van der Waals surface area (Å²) in [7, 11) is 0. The topological polar surface area (TPSA) is 52.1 Å². The molecule has 2 rings (SSSR count). The SMILES string of the molecule is C=Cc1ccc(C(=O)Oc2ncccn2)cc1. The zero-order valence-corrected chi connectivity index (χ0v) is 9.04. The maximum Gasteiger partial charge on any atom is 0.345 e. The van der Waals surface area contributed by atoms with E-state index in [1.54, 1.807) is 36.4 Å². The monoisotopic (exact) mass is 226 g/mol. The number of carbonyl (C=O) groups excluding carboxylic acids is 1. The second-order valence-corrected chi connectivity index (χ2v) is 3.25. The van der Waals surface area contributed by atoms with E-state index in [1.165, 1.54) is 12.4 Å². The van der Waals surface area contributed by atoms with Gasteiger partial charge in [0.05, 0.1) is 5.56 Å². The molecule has 0 saturated carbocycles. The summed E-state index contributed by atoms with van der Waals surface area (Å²) >= 11 is 0. The van der Waals surface area contributed by atoms with Gasteiger partial charge in [0.25, 0.3) is 0 Å². The number of benzene rings is 1. The fraction of sp³-hybridized carbons (Fsp3) is 0. The summed E-state index contributed by atoms with van der Waals surface area (Å²) in [6.45, 7) is 3.64. The maximum absolute atomic E-state index is 11.7. The van der Waals surface area contributed by atoms with E-state index in [0.29, 0.717) is 5.56 Å². The molecule has 1 aromatic carbocycles. The van der Waals surface area contributed by atoms with Crippen LogP contribution in [0, 0.1) is 0 Å². The van der Waals surface area contributed by atoms with E-state index in [4.69, 9.17) is 4.74 Å². The van der Waals surface area contributed by atoms with Gasteiger partial charge in [0, 0.05) is 12.4 Å². The van der Waals surface area contributed by atoms with Gasteiger partial charge in [-0.3, -0.25) is 0 Å². The molecule has 0 radical (unpaired) electrons. The van der Waals surface area contributed by atoms with Crippen molar-refractivity contribution in [1.82, 2.24) is 9.97 Å². The van der Waals surface area contributed by atoms with Gasteiger partial charge >= 0.3 is 12.0 Å². The van der Waals surface area contributed by atoms with Crippen LogP contribution in [-0.2, 0) is 0 Å². The average Bonchev–Trinajstić information content (AvgIpc) is 2.40. The van der Waals surface area contributed by atoms with Gasteiger partial charge in [-0.25, -0.2) is 14.8 Å². The highest BCUT2D eigenvalue weighted by Gasteiger charge is 2.09. The summed E-state index contributed by atoms with van der Waals surface area (Å²) in [6, 6.07) is 8.61. The van der Waals surface area contributed by atoms with Crippen LogP contribution in [0.25, 0.3) is 6.08 Å². The molecule has 4 heteroatoms. The number of ether oxygens (including phenoxy) is 1. The first kappa shape index (κ1) is 11.0. The molecule has 0 fully saturated rings. The summed E-state index contributed by atoms with van der Waals surface area (Å²) in [5, 5.41) is 0. The lowest BCUT2D eigenvalue weighted by Gasteiger charge is -2.01. The smallest absolute Gasteiger partial charge is 0.345 e. The summed E-state index contributed by atoms with van der Waals surface area (Å²) in [5.74, 6) is -0.480. The van der Waals surface area contributed by atoms with Crippen LogP contribution in [0.2, 0.25) is 0 Å². The molecule has 2 aromatic rings. The molecule has 0 aliphatic rings. The third-order valence-electron chi connectivity index (χ3n) is 2.11. The van der Waals surface area contributed by atoms with E-state index in [1.807, 2.05) is 0 Å². The second kappa shape index (κ2) is 5.03. The van der Waals surface area contributed by atoms with Crippen molar-refractivity contribution in [1.29, 1.82) is 0 Å². The third kappa shape index (κ3) is 2.75. The number of hydrogen-bond donors (Lipinski definition) is 0. The first-order chi connectivity index (χ1) is 8.29. The predicted molar refractivity (Wildman–Crippen MR) is 63.5 cm³/mol. The highest BCUT2D eigenvalue weighted by atomic mass is 16.5. The van der Waals surface area contributed by atoms with Gasteiger partial charge < -0.3 is 4.74 Å². The van der Waals surface area contributed by atoms with E-state index >= 15 is 0 Å². The van der Waals surface area contributed by atoms with Crippen molar-refractivity contribution in [3.63, 3.8) is 0 Å². The van der Waals surface area contributed by atoms with Crippen molar-refractivity contribution in [2.75, 3.05) is 0 Å². The van der Waals surface area contributed by atoms with Crippen LogP contribution in [-0.4, -0.2) is 15.9 Å². The highest BCUT2D eigenvalue weighted by molar-refractivity contribution is 5.90. The Kier molecular flexibility index (Phi) is 3.25. The maximum atomic E-state index is 11.7. The van der Waals surface area contributed by atoms with E-state index in [-0.39, 0.29) is 6.01 Å². The lowest BCUT2D eigenvalue weighted by Crippen LogP contribution is -2.10. The second-order valence-electron chi connectivity index (χ2n) is 3.25. The number of rotatable bonds is 3. The fourth-order valence-electron chi connectivity index (χ4n) is 1.24. The number of aromatic nitrogens is 2. The Bertz CT molecular complexity index is 521. The Labute approximate surface area is 98.6 Å². The van der Waals surface area contributed by atoms with Gasteiger partial charge in [-0.2, -0.15) is 0 Å². The minimum Gasteiger partial charge on any atom is -0.387 e. The summed E-state index contributed by atoms with van der Waals surface area (Å²) in [4.78, 5) is 19.3. The average molecular weight is 226 g/mol. The Morgan fingerprint density at radius 2 is 1.82 bits per heavy atom. The summed E-state index contributed by atoms with van der Waals surface area (Å²) in [5.41, 5.74) is 1.39. The largest absolute Gasteiger partial charge is 0.387 e. The van der Waals surface area contributed by atoms with Gasteiger partial charge in [0.2, 0.25) is 0 Å². The molecule has 0 saturated heterocycles. The van der Waals surface area contributed by atoms with Crippen LogP contribution in [0.4, 0.5) is 0 Å². The molecule has 0 aliphatic carbocycles. The van der Waals surface area contributed by atoms with Crippen LogP contribution in [0.3, 0.4) is 0 Å². The van der Waals surface area contributed by atoms with E-state index in [0.717, 1.165) is 5.56 Å². The minimum absolute atomic E-state index is 0.0466. The molecule has 0 N–H and O–H groups in total. The molecule has 17 heavy (non-hydrogen) atoms. The molecule has 1 aromatic heterocycles. The Hall–Kier alpha value is -2.49. The van der Waals surface area contributed by atoms with Crippen LogP contribution in [0.5, 0.6) is 6.01 Å². The third-order valence-corrected chi connectivity index (χ3v) is 2.11. The van der Waals surface area contributed by atoms with Crippen LogP contribution >= 0.6 is 0 Å². The lowest BCUT2D eigenvalue weighted by molar-refractivity contribution is 0.0719. The Morgan fingerprint density at radius 1 is 1.18 bits per heavy atom. The normalized spacial score (nSPS) is 9.65. The molecule has 1 heterocycles. The standard InChI is InChI=1S/C13H10N2O2/c1-2-10-4-6-11(7-5-10)12(16)17-13-14-8-3-9-15-13/h2-9H,1H2. The molecule has 0 unspecified atom stereocenters. The lowest BCUT2D eigenvalue weighted by atomic mass is 10.1. The number of esters is 1. The molecule has 0 bridgehead atoms. The van der Waals surface area contributed by atoms with E-state index in [9.17, 15) is 4.79 Å². The van der Waals surface area contributed by atoms with Crippen LogP contribution in [0.15, 0.2) is 49.3 Å². The first-order valence-electron chi connectivity index (χ1n) is 5.01. The Morgan fingerprint density at radius 3 is 2.41 bits per heavy atom. The molecular weight excluding hydrogens is 216 g/mol. The molecule has 0 aliphatic heterocycles. The van der Waals surface area contributed by atoms with E-state index in [2.05, 4.69) is 16.5 Å². The number of hydrogen-bond acceptors (Lipinski definition) is 4. The summed E-state index contributed by atoms with van der Waals surface area (Å²) in [6.07, 6.45) is 4.72. The van der Waals surface area contributed by atoms with Gasteiger partial charge in [-0.15, -0.1) is 0 Å². The van der Waals surface area contributed by atoms with Crippen LogP contribution in [0.1, 0.15) is 15.9 Å². The van der Waals surface area contributed by atoms with Crippen molar-refractivity contribution in [3.8, 4) is 6.01 Å². The predicted octanol–water partition coefficient (Wildman–Crippen LogP) is 2.34. The van der Waals surface area contributed by atoms with Gasteiger partial charge in [0.15, 0.2) is 0 Å². The molecule has 84 valence electrons. The van der Waals surface area contributed by atoms with Crippen LogP contribution < -0.4 is 4.74 Å². The highest BCUT2D eigenvalue weighted by Crippen LogP contribution is 2.08. The van der Waals surface area contributed by atoms with Gasteiger partial charge in [-0.05, 0) is 23.8 Å². The van der Waals surface area contributed by atoms with Crippen molar-refractivity contribution in [2.45, 2.75) is 0 Å². The van der Waals surface area contributed by atoms with Gasteiger partial charge in [-0.1, -0.05) is 24.8 Å². The van der Waals surface area contributed by atoms with E-state index < -0.39 is 5.97 Å². The Balaban J connectivity index is 2.12. The molecule has 0 atom stereocenters. The molecule has 4 nitrogen and oxygen atoms in total. The van der Waals surface area contributed by atoms with Crippen molar-refractivity contribution >= 4 is 12.0 Å². The summed E-state index contributed by atoms with van der Waals surface area (Å²) < 4.78 is 4.99. The first-order valence-corrected chi connectivity index (χ1v) is 5.01. The number of nitrogens with zero attached hydrogens (tertiary/aromatic N) is 2. The fourth-order valence-corrected chi connectivity index (χ4v) is 1.24. The molecule has 0 amide bonds. The quantitative estimate of drug-likeness (QED) is 0.754. The molecule has 0 spiro atoms. The zero-order chi connectivity index (χ0) is 12.1. The number of carbonyl (C=O) groups is 1. The zero-order valence-electron chi connectivity index (χ0n) is 9.04.